The molecule has 2 aromatic heterocycles. The van der Waals surface area contributed by atoms with E-state index in [0.29, 0.717) is 43.4 Å². The van der Waals surface area contributed by atoms with Crippen LogP contribution in [0.4, 0.5) is 18.9 Å². The first kappa shape index (κ1) is 36.1. The van der Waals surface area contributed by atoms with Gasteiger partial charge in [0.2, 0.25) is 5.91 Å². The summed E-state index contributed by atoms with van der Waals surface area (Å²) in [5, 5.41) is 12.0. The van der Waals surface area contributed by atoms with Crippen LogP contribution in [-0.4, -0.2) is 88.3 Å². The maximum atomic E-state index is 14.1. The van der Waals surface area contributed by atoms with Gasteiger partial charge in [-0.2, -0.15) is 13.2 Å². The second kappa shape index (κ2) is 14.7. The van der Waals surface area contributed by atoms with E-state index in [1.807, 2.05) is 35.2 Å². The quantitative estimate of drug-likeness (QED) is 0.172. The number of halogens is 3. The van der Waals surface area contributed by atoms with Gasteiger partial charge in [-0.25, -0.2) is 9.78 Å². The minimum Gasteiger partial charge on any atom is -0.478 e. The molecule has 8 nitrogen and oxygen atoms in total. The van der Waals surface area contributed by atoms with Crippen molar-refractivity contribution in [2.75, 3.05) is 50.7 Å². The summed E-state index contributed by atoms with van der Waals surface area (Å²) in [5.41, 5.74) is 8.18. The number of alkyl halides is 3. The number of benzene rings is 3. The highest BCUT2D eigenvalue weighted by molar-refractivity contribution is 6.06. The first-order valence-electron chi connectivity index (χ1n) is 19.3. The molecule has 54 heavy (non-hydrogen) atoms. The van der Waals surface area contributed by atoms with Crippen LogP contribution in [0.1, 0.15) is 72.9 Å². The van der Waals surface area contributed by atoms with Gasteiger partial charge >= 0.3 is 12.1 Å². The number of aromatic carboxylic acids is 1. The third kappa shape index (κ3) is 7.06. The van der Waals surface area contributed by atoms with E-state index in [9.17, 15) is 27.9 Å². The Balaban J connectivity index is 1.27. The van der Waals surface area contributed by atoms with Crippen molar-refractivity contribution in [2.24, 2.45) is 0 Å². The van der Waals surface area contributed by atoms with Crippen LogP contribution in [0.15, 0.2) is 66.7 Å². The molecule has 3 aliphatic rings. The summed E-state index contributed by atoms with van der Waals surface area (Å²) in [7, 11) is 0. The molecule has 0 atom stereocenters. The molecule has 0 spiro atoms. The molecule has 8 rings (SSSR count). The third-order valence-corrected chi connectivity index (χ3v) is 11.8. The average Bonchev–Trinajstić information content (AvgIpc) is 3.42. The Labute approximate surface area is 313 Å². The SMILES string of the molecule is CCN1CCN(C(=O)CN2CCn3c(c(C4CCCCC4)c4ccc(C(=O)O)cc43)-c3ccc4nc(-c5cccc(CCC(F)(F)F)c5)ccc4c32)CC1. The lowest BCUT2D eigenvalue weighted by Crippen LogP contribution is -2.51. The van der Waals surface area contributed by atoms with Crippen molar-refractivity contribution in [3.05, 3.63) is 83.4 Å². The topological polar surface area (TPSA) is 81.9 Å². The molecule has 1 N–H and O–H groups in total. The van der Waals surface area contributed by atoms with Crippen LogP contribution in [0.25, 0.3) is 44.3 Å². The number of carboxylic acid groups (broad SMARTS) is 1. The van der Waals surface area contributed by atoms with Crippen LogP contribution >= 0.6 is 0 Å². The van der Waals surface area contributed by atoms with Crippen molar-refractivity contribution in [1.29, 1.82) is 0 Å². The zero-order valence-electron chi connectivity index (χ0n) is 30.7. The number of hydrogen-bond donors (Lipinski definition) is 1. The van der Waals surface area contributed by atoms with Crippen molar-refractivity contribution < 1.29 is 27.9 Å². The molecule has 1 saturated carbocycles. The number of fused-ring (bicyclic) bond motifs is 7. The molecule has 5 aromatic rings. The van der Waals surface area contributed by atoms with Crippen LogP contribution in [0.2, 0.25) is 0 Å². The zero-order valence-corrected chi connectivity index (χ0v) is 30.7. The summed E-state index contributed by atoms with van der Waals surface area (Å²) >= 11 is 0. The van der Waals surface area contributed by atoms with Crippen molar-refractivity contribution in [3.8, 4) is 22.5 Å². The number of carbonyl (C=O) groups excluding carboxylic acids is 1. The second-order valence-electron chi connectivity index (χ2n) is 15.1. The number of aromatic nitrogens is 2. The minimum absolute atomic E-state index is 0.0751. The highest BCUT2D eigenvalue weighted by atomic mass is 19.4. The van der Waals surface area contributed by atoms with Gasteiger partial charge in [0, 0.05) is 73.1 Å². The molecule has 11 heteroatoms. The fourth-order valence-electron chi connectivity index (χ4n) is 8.96. The van der Waals surface area contributed by atoms with Crippen LogP contribution < -0.4 is 4.90 Å². The van der Waals surface area contributed by atoms with E-state index in [1.165, 1.54) is 12.0 Å². The smallest absolute Gasteiger partial charge is 0.389 e. The van der Waals surface area contributed by atoms with E-state index < -0.39 is 18.6 Å². The van der Waals surface area contributed by atoms with Crippen molar-refractivity contribution in [1.82, 2.24) is 19.4 Å². The molecule has 1 saturated heterocycles. The van der Waals surface area contributed by atoms with Gasteiger partial charge in [0.1, 0.15) is 0 Å². The summed E-state index contributed by atoms with van der Waals surface area (Å²) in [4.78, 5) is 37.9. The molecule has 0 radical (unpaired) electrons. The lowest BCUT2D eigenvalue weighted by molar-refractivity contribution is -0.134. The van der Waals surface area contributed by atoms with E-state index in [4.69, 9.17) is 4.98 Å². The molecule has 0 unspecified atom stereocenters. The summed E-state index contributed by atoms with van der Waals surface area (Å²) < 4.78 is 41.3. The number of aryl methyl sites for hydroxylation is 1. The van der Waals surface area contributed by atoms with Crippen LogP contribution in [0.5, 0.6) is 0 Å². The number of nitrogens with zero attached hydrogens (tertiary/aromatic N) is 5. The second-order valence-corrected chi connectivity index (χ2v) is 15.1. The third-order valence-electron chi connectivity index (χ3n) is 11.8. The van der Waals surface area contributed by atoms with Gasteiger partial charge in [-0.3, -0.25) is 4.79 Å². The first-order chi connectivity index (χ1) is 26.1. The molecule has 3 aromatic carbocycles. The summed E-state index contributed by atoms with van der Waals surface area (Å²) in [6.07, 6.45) is 0.413. The average molecular weight is 738 g/mol. The lowest BCUT2D eigenvalue weighted by atomic mass is 9.81. The Morgan fingerprint density at radius 1 is 0.870 bits per heavy atom. The Morgan fingerprint density at radius 3 is 2.39 bits per heavy atom. The summed E-state index contributed by atoms with van der Waals surface area (Å²) in [6.45, 7) is 7.47. The fourth-order valence-corrected chi connectivity index (χ4v) is 8.96. The van der Waals surface area contributed by atoms with Crippen LogP contribution in [0, 0.1) is 0 Å². The summed E-state index contributed by atoms with van der Waals surface area (Å²) in [6, 6.07) is 20.7. The molecule has 1 amide bonds. The number of likely N-dealkylation sites (N-methyl/N-ethyl adjacent to an activating group) is 1. The van der Waals surface area contributed by atoms with E-state index in [0.717, 1.165) is 89.6 Å². The number of hydrogen-bond acceptors (Lipinski definition) is 5. The molecular weight excluding hydrogens is 691 g/mol. The molecule has 2 fully saturated rings. The Morgan fingerprint density at radius 2 is 1.65 bits per heavy atom. The van der Waals surface area contributed by atoms with Gasteiger partial charge in [0.25, 0.3) is 0 Å². The lowest BCUT2D eigenvalue weighted by Gasteiger charge is -2.36. The Bertz CT molecular complexity index is 2220. The Hall–Kier alpha value is -4.90. The van der Waals surface area contributed by atoms with Gasteiger partial charge < -0.3 is 24.4 Å². The molecule has 0 bridgehead atoms. The van der Waals surface area contributed by atoms with Gasteiger partial charge in [-0.1, -0.05) is 50.5 Å². The summed E-state index contributed by atoms with van der Waals surface area (Å²) in [5.74, 6) is -0.564. The molecule has 1 aliphatic carbocycles. The number of pyridine rings is 1. The van der Waals surface area contributed by atoms with Gasteiger partial charge in [-0.15, -0.1) is 0 Å². The largest absolute Gasteiger partial charge is 0.478 e. The highest BCUT2D eigenvalue weighted by Crippen LogP contribution is 2.49. The minimum atomic E-state index is -4.23. The van der Waals surface area contributed by atoms with Gasteiger partial charge in [0.05, 0.1) is 34.7 Å². The predicted octanol–water partition coefficient (Wildman–Crippen LogP) is 8.75. The number of rotatable bonds is 8. The first-order valence-corrected chi connectivity index (χ1v) is 19.3. The number of carboxylic acids is 1. The highest BCUT2D eigenvalue weighted by Gasteiger charge is 2.33. The van der Waals surface area contributed by atoms with E-state index >= 15 is 0 Å². The number of carbonyl (C=O) groups is 2. The monoisotopic (exact) mass is 737 g/mol. The maximum absolute atomic E-state index is 14.1. The van der Waals surface area contributed by atoms with E-state index in [1.54, 1.807) is 30.3 Å². The van der Waals surface area contributed by atoms with Crippen molar-refractivity contribution in [3.63, 3.8) is 0 Å². The number of piperazine rings is 1. The Kier molecular flexibility index (Phi) is 9.85. The molecule has 282 valence electrons. The van der Waals surface area contributed by atoms with Crippen molar-refractivity contribution in [2.45, 2.75) is 70.5 Å². The van der Waals surface area contributed by atoms with E-state index in [2.05, 4.69) is 27.4 Å². The fraction of sp³-hybridized carbons (Fsp3) is 0.419. The predicted molar refractivity (Wildman–Crippen MR) is 206 cm³/mol. The van der Waals surface area contributed by atoms with Crippen molar-refractivity contribution >= 4 is 39.4 Å². The molecular formula is C43H46F3N5O3. The molecule has 4 heterocycles. The molecule has 2 aliphatic heterocycles. The zero-order chi connectivity index (χ0) is 37.6. The standard InChI is InChI=1S/C43H46F3N5O3/c1-2-48-19-21-49(22-20-48)38(52)27-50-23-24-51-37-26-31(42(53)54)11-12-33(37)39(29-8-4-3-5-9-29)41(51)34-14-16-36-32(40(34)50)13-15-35(47-36)30-10-6-7-28(25-30)17-18-43(44,45)46/h6-7,10-16,25-26,29H,2-5,8-9,17-24,27H2,1H3,(H,53,54). The normalized spacial score (nSPS) is 17.1. The van der Waals surface area contributed by atoms with E-state index in [-0.39, 0.29) is 24.4 Å². The van der Waals surface area contributed by atoms with Gasteiger partial charge in [0.15, 0.2) is 0 Å². The number of anilines is 1. The van der Waals surface area contributed by atoms with Gasteiger partial charge in [-0.05, 0) is 85.3 Å². The van der Waals surface area contributed by atoms with Crippen LogP contribution in [0.3, 0.4) is 0 Å². The van der Waals surface area contributed by atoms with Crippen LogP contribution in [-0.2, 0) is 17.8 Å². The maximum Gasteiger partial charge on any atom is 0.389 e. The number of amides is 1.